The Labute approximate surface area is 79.8 Å². The first-order chi connectivity index (χ1) is 6.59. The van der Waals surface area contributed by atoms with Crippen molar-refractivity contribution >= 4 is 17.8 Å². The van der Waals surface area contributed by atoms with Crippen LogP contribution in [0.5, 0.6) is 0 Å². The number of carbonyl (C=O) groups is 2. The van der Waals surface area contributed by atoms with E-state index in [1.165, 1.54) is 4.57 Å². The molecule has 0 aliphatic heterocycles. The fourth-order valence-electron chi connectivity index (χ4n) is 1.02. The second kappa shape index (κ2) is 4.31. The number of hydrogen-bond acceptors (Lipinski definition) is 3. The maximum atomic E-state index is 10.4. The molecule has 6 nitrogen and oxygen atoms in total. The van der Waals surface area contributed by atoms with E-state index in [0.717, 1.165) is 0 Å². The van der Waals surface area contributed by atoms with Crippen molar-refractivity contribution in [1.82, 2.24) is 4.57 Å². The summed E-state index contributed by atoms with van der Waals surface area (Å²) in [5.74, 6) is -1.48. The number of aliphatic carboxylic acids is 2. The van der Waals surface area contributed by atoms with E-state index in [4.69, 9.17) is 10.2 Å². The van der Waals surface area contributed by atoms with Crippen LogP contribution in [0.2, 0.25) is 0 Å². The van der Waals surface area contributed by atoms with Gasteiger partial charge in [0, 0.05) is 6.20 Å². The summed E-state index contributed by atoms with van der Waals surface area (Å²) < 4.78 is 1.42. The molecule has 0 saturated heterocycles. The number of nitrogens with zero attached hydrogens (tertiary/aromatic N) is 1. The fraction of sp³-hybridized carbons (Fsp3) is 0.250. The summed E-state index contributed by atoms with van der Waals surface area (Å²) >= 11 is 0. The molecule has 0 unspecified atom stereocenters. The molecular formula is C8H10N2O4. The zero-order valence-corrected chi connectivity index (χ0v) is 7.30. The second-order valence-corrected chi connectivity index (χ2v) is 2.66. The zero-order chi connectivity index (χ0) is 10.6. The molecule has 3 N–H and O–H groups in total. The molecule has 0 radical (unpaired) electrons. The highest BCUT2D eigenvalue weighted by Gasteiger charge is 2.05. The largest absolute Gasteiger partial charge is 0.480 e. The summed E-state index contributed by atoms with van der Waals surface area (Å²) in [4.78, 5) is 20.6. The molecular weight excluding hydrogens is 188 g/mol. The van der Waals surface area contributed by atoms with Gasteiger partial charge >= 0.3 is 11.9 Å². The van der Waals surface area contributed by atoms with Crippen molar-refractivity contribution in [3.05, 3.63) is 18.3 Å². The van der Waals surface area contributed by atoms with Crippen LogP contribution < -0.4 is 5.32 Å². The Bertz CT molecular complexity index is 345. The molecule has 1 heterocycles. The number of anilines is 1. The van der Waals surface area contributed by atoms with E-state index in [9.17, 15) is 9.59 Å². The lowest BCUT2D eigenvalue weighted by atomic mass is 10.5. The van der Waals surface area contributed by atoms with Crippen molar-refractivity contribution in [3.8, 4) is 0 Å². The number of aromatic nitrogens is 1. The minimum absolute atomic E-state index is 0.186. The maximum absolute atomic E-state index is 10.4. The molecule has 0 atom stereocenters. The molecule has 6 heteroatoms. The van der Waals surface area contributed by atoms with Crippen LogP contribution in [0.1, 0.15) is 0 Å². The molecule has 76 valence electrons. The molecule has 0 amide bonds. The number of hydrogen-bond donors (Lipinski definition) is 3. The van der Waals surface area contributed by atoms with Gasteiger partial charge in [0.1, 0.15) is 18.9 Å². The smallest absolute Gasteiger partial charge is 0.323 e. The van der Waals surface area contributed by atoms with Crippen molar-refractivity contribution in [2.24, 2.45) is 0 Å². The Balaban J connectivity index is 2.62. The minimum atomic E-state index is -0.993. The van der Waals surface area contributed by atoms with E-state index in [1.54, 1.807) is 18.3 Å². The van der Waals surface area contributed by atoms with Crippen LogP contribution in [-0.4, -0.2) is 33.3 Å². The van der Waals surface area contributed by atoms with Crippen LogP contribution in [-0.2, 0) is 16.1 Å². The predicted octanol–water partition coefficient (Wildman–Crippen LogP) is 0.0692. The third-order valence-corrected chi connectivity index (χ3v) is 1.56. The van der Waals surface area contributed by atoms with Crippen LogP contribution in [0.3, 0.4) is 0 Å². The maximum Gasteiger partial charge on any atom is 0.323 e. The highest BCUT2D eigenvalue weighted by Crippen LogP contribution is 2.07. The molecule has 1 rings (SSSR count). The van der Waals surface area contributed by atoms with E-state index >= 15 is 0 Å². The first-order valence-corrected chi connectivity index (χ1v) is 3.92. The third-order valence-electron chi connectivity index (χ3n) is 1.56. The summed E-state index contributed by atoms with van der Waals surface area (Å²) in [6.45, 7) is -0.418. The van der Waals surface area contributed by atoms with Crippen LogP contribution in [0.15, 0.2) is 18.3 Å². The van der Waals surface area contributed by atoms with Gasteiger partial charge in [0.15, 0.2) is 0 Å². The van der Waals surface area contributed by atoms with Gasteiger partial charge in [0.2, 0.25) is 0 Å². The SMILES string of the molecule is O=C(O)CNc1cccn1CC(=O)O. The van der Waals surface area contributed by atoms with Crippen molar-refractivity contribution in [2.75, 3.05) is 11.9 Å². The lowest BCUT2D eigenvalue weighted by Gasteiger charge is -2.06. The average molecular weight is 198 g/mol. The molecule has 14 heavy (non-hydrogen) atoms. The molecule has 0 spiro atoms. The molecule has 0 aliphatic rings. The van der Waals surface area contributed by atoms with Crippen molar-refractivity contribution < 1.29 is 19.8 Å². The minimum Gasteiger partial charge on any atom is -0.480 e. The quantitative estimate of drug-likeness (QED) is 0.622. The number of rotatable bonds is 5. The van der Waals surface area contributed by atoms with Crippen LogP contribution >= 0.6 is 0 Å². The Morgan fingerprint density at radius 1 is 1.36 bits per heavy atom. The topological polar surface area (TPSA) is 91.6 Å². The molecule has 0 bridgehead atoms. The molecule has 0 aromatic carbocycles. The third kappa shape index (κ3) is 2.81. The van der Waals surface area contributed by atoms with Crippen molar-refractivity contribution in [1.29, 1.82) is 0 Å². The number of carboxylic acid groups (broad SMARTS) is 2. The zero-order valence-electron chi connectivity index (χ0n) is 7.30. The summed E-state index contributed by atoms with van der Waals surface area (Å²) in [6, 6.07) is 3.26. The van der Waals surface area contributed by atoms with Gasteiger partial charge in [-0.3, -0.25) is 9.59 Å². The number of carboxylic acids is 2. The monoisotopic (exact) mass is 198 g/mol. The van der Waals surface area contributed by atoms with Crippen molar-refractivity contribution in [3.63, 3.8) is 0 Å². The first kappa shape index (κ1) is 10.1. The Kier molecular flexibility index (Phi) is 3.11. The standard InChI is InChI=1S/C8H10N2O4/c11-7(12)4-9-6-2-1-3-10(6)5-8(13)14/h1-3,9H,4-5H2,(H,11,12)(H,13,14). The number of nitrogens with one attached hydrogen (secondary N) is 1. The van der Waals surface area contributed by atoms with Gasteiger partial charge in [0.05, 0.1) is 0 Å². The summed E-state index contributed by atoms with van der Waals surface area (Å²) in [6.07, 6.45) is 1.57. The molecule has 1 aromatic rings. The normalized spacial score (nSPS) is 9.71. The van der Waals surface area contributed by atoms with E-state index < -0.39 is 11.9 Å². The molecule has 1 aromatic heterocycles. The van der Waals surface area contributed by atoms with Gasteiger partial charge in [-0.15, -0.1) is 0 Å². The van der Waals surface area contributed by atoms with Gasteiger partial charge in [-0.25, -0.2) is 0 Å². The Morgan fingerprint density at radius 2 is 2.07 bits per heavy atom. The highest BCUT2D eigenvalue weighted by molar-refractivity contribution is 5.72. The Morgan fingerprint density at radius 3 is 2.64 bits per heavy atom. The van der Waals surface area contributed by atoms with Gasteiger partial charge in [0.25, 0.3) is 0 Å². The predicted molar refractivity (Wildman–Crippen MR) is 48.2 cm³/mol. The highest BCUT2D eigenvalue weighted by atomic mass is 16.4. The van der Waals surface area contributed by atoms with Gasteiger partial charge < -0.3 is 20.1 Å². The lowest BCUT2D eigenvalue weighted by molar-refractivity contribution is -0.137. The lowest BCUT2D eigenvalue weighted by Crippen LogP contribution is -2.16. The van der Waals surface area contributed by atoms with E-state index in [2.05, 4.69) is 5.32 Å². The van der Waals surface area contributed by atoms with Gasteiger partial charge in [-0.1, -0.05) is 0 Å². The summed E-state index contributed by atoms with van der Waals surface area (Å²) in [5, 5.41) is 19.5. The van der Waals surface area contributed by atoms with Gasteiger partial charge in [-0.2, -0.15) is 0 Å². The Hall–Kier alpha value is -1.98. The average Bonchev–Trinajstić information content (AvgIpc) is 2.47. The van der Waals surface area contributed by atoms with Crippen LogP contribution in [0.25, 0.3) is 0 Å². The molecule has 0 aliphatic carbocycles. The summed E-state index contributed by atoms with van der Waals surface area (Å²) in [5.41, 5.74) is 0. The molecule has 0 saturated carbocycles. The van der Waals surface area contributed by atoms with E-state index in [-0.39, 0.29) is 13.1 Å². The van der Waals surface area contributed by atoms with Gasteiger partial charge in [-0.05, 0) is 12.1 Å². The van der Waals surface area contributed by atoms with Crippen LogP contribution in [0.4, 0.5) is 5.82 Å². The first-order valence-electron chi connectivity index (χ1n) is 3.92. The molecule has 0 fully saturated rings. The van der Waals surface area contributed by atoms with E-state index in [1.807, 2.05) is 0 Å². The van der Waals surface area contributed by atoms with E-state index in [0.29, 0.717) is 5.82 Å². The van der Waals surface area contributed by atoms with Crippen LogP contribution in [0, 0.1) is 0 Å². The van der Waals surface area contributed by atoms with Crippen molar-refractivity contribution in [2.45, 2.75) is 6.54 Å². The summed E-state index contributed by atoms with van der Waals surface area (Å²) in [7, 11) is 0. The fourth-order valence-corrected chi connectivity index (χ4v) is 1.02. The second-order valence-electron chi connectivity index (χ2n) is 2.66.